The maximum atomic E-state index is 11.6. The van der Waals surface area contributed by atoms with E-state index in [4.69, 9.17) is 9.47 Å². The van der Waals surface area contributed by atoms with Crippen LogP contribution >= 0.6 is 0 Å². The first-order valence-electron chi connectivity index (χ1n) is 8.47. The summed E-state index contributed by atoms with van der Waals surface area (Å²) in [6, 6.07) is 8.80. The Labute approximate surface area is 155 Å². The fourth-order valence-electron chi connectivity index (χ4n) is 3.33. The quantitative estimate of drug-likeness (QED) is 0.561. The van der Waals surface area contributed by atoms with E-state index in [2.05, 4.69) is 9.97 Å². The highest BCUT2D eigenvalue weighted by molar-refractivity contribution is 6.00. The predicted octanol–water partition coefficient (Wildman–Crippen LogP) is 3.85. The predicted molar refractivity (Wildman–Crippen MR) is 102 cm³/mol. The molecule has 3 aromatic heterocycles. The Bertz CT molecular complexity index is 1130. The van der Waals surface area contributed by atoms with Gasteiger partial charge >= 0.3 is 5.97 Å². The Morgan fingerprint density at radius 2 is 1.96 bits per heavy atom. The Hall–Kier alpha value is -3.48. The molecule has 0 aliphatic heterocycles. The van der Waals surface area contributed by atoms with Crippen molar-refractivity contribution in [1.29, 1.82) is 0 Å². The van der Waals surface area contributed by atoms with Crippen molar-refractivity contribution in [2.75, 3.05) is 14.2 Å². The number of carboxylic acid groups (broad SMARTS) is 1. The lowest BCUT2D eigenvalue weighted by molar-refractivity contribution is -0.140. The third-order valence-electron chi connectivity index (χ3n) is 4.80. The van der Waals surface area contributed by atoms with Gasteiger partial charge in [-0.15, -0.1) is 0 Å². The molecule has 4 rings (SSSR count). The molecule has 27 heavy (non-hydrogen) atoms. The second-order valence-corrected chi connectivity index (χ2v) is 6.31. The van der Waals surface area contributed by atoms with Crippen molar-refractivity contribution in [2.45, 2.75) is 13.0 Å². The van der Waals surface area contributed by atoms with E-state index in [9.17, 15) is 9.90 Å². The van der Waals surface area contributed by atoms with Crippen molar-refractivity contribution in [3.8, 4) is 22.8 Å². The first kappa shape index (κ1) is 17.0. The van der Waals surface area contributed by atoms with Crippen molar-refractivity contribution < 1.29 is 19.4 Å². The lowest BCUT2D eigenvalue weighted by Crippen LogP contribution is -2.14. The summed E-state index contributed by atoms with van der Waals surface area (Å²) < 4.78 is 12.6. The van der Waals surface area contributed by atoms with E-state index in [0.717, 1.165) is 33.2 Å². The third kappa shape index (κ3) is 2.68. The van der Waals surface area contributed by atoms with Crippen molar-refractivity contribution >= 4 is 27.9 Å². The van der Waals surface area contributed by atoms with E-state index in [1.165, 1.54) is 0 Å². The van der Waals surface area contributed by atoms with Crippen LogP contribution in [-0.4, -0.2) is 39.8 Å². The first-order chi connectivity index (χ1) is 13.0. The maximum absolute atomic E-state index is 11.6. The number of aliphatic carboxylic acids is 1. The highest BCUT2D eigenvalue weighted by atomic mass is 16.5. The number of fused-ring (bicyclic) bond motifs is 2. The number of methoxy groups -OCH3 is 2. The van der Waals surface area contributed by atoms with Gasteiger partial charge in [0.25, 0.3) is 0 Å². The minimum atomic E-state index is -0.911. The second-order valence-electron chi connectivity index (χ2n) is 6.31. The highest BCUT2D eigenvalue weighted by Crippen LogP contribution is 2.39. The normalized spacial score (nSPS) is 12.4. The van der Waals surface area contributed by atoms with Gasteiger partial charge in [-0.2, -0.15) is 0 Å². The number of nitrogens with one attached hydrogen (secondary N) is 1. The average molecular weight is 365 g/mol. The van der Waals surface area contributed by atoms with Crippen LogP contribution in [0.2, 0.25) is 0 Å². The number of aromatic amines is 1. The molecule has 1 atom stereocenters. The number of nitrogens with zero attached hydrogens (tertiary/aromatic N) is 2. The minimum absolute atomic E-state index is 0.548. The monoisotopic (exact) mass is 365 g/mol. The molecule has 0 saturated heterocycles. The van der Waals surface area contributed by atoms with E-state index in [-0.39, 0.29) is 0 Å². The summed E-state index contributed by atoms with van der Waals surface area (Å²) in [6.07, 6.45) is 3.57. The topological polar surface area (TPSA) is 89.4 Å². The number of aromatic nitrogens is 3. The number of carbonyl (C=O) groups is 1. The second kappa shape index (κ2) is 6.35. The summed E-state index contributed by atoms with van der Waals surface area (Å²) in [5.41, 5.74) is 3.26. The molecule has 7 heteroatoms. The van der Waals surface area contributed by atoms with Gasteiger partial charge in [-0.05, 0) is 31.2 Å². The standard InChI is InChI=1S/C20H19N3O4/c1-11(20(24)25)23-10-14(15-7-12-5-4-6-21-19(12)22-15)13-8-17(26-2)18(27-3)9-16(13)23/h4-11H,1-3H3,(H,21,22)(H,24,25). The van der Waals surface area contributed by atoms with Crippen molar-refractivity contribution in [3.05, 3.63) is 42.7 Å². The van der Waals surface area contributed by atoms with Gasteiger partial charge < -0.3 is 24.1 Å². The van der Waals surface area contributed by atoms with Crippen LogP contribution in [0.1, 0.15) is 13.0 Å². The lowest BCUT2D eigenvalue weighted by atomic mass is 10.1. The van der Waals surface area contributed by atoms with Gasteiger partial charge in [-0.1, -0.05) is 0 Å². The molecule has 0 amide bonds. The molecule has 4 aromatic rings. The third-order valence-corrected chi connectivity index (χ3v) is 4.80. The van der Waals surface area contributed by atoms with Gasteiger partial charge in [0, 0.05) is 40.5 Å². The smallest absolute Gasteiger partial charge is 0.326 e. The van der Waals surface area contributed by atoms with Crippen molar-refractivity contribution in [2.24, 2.45) is 0 Å². The van der Waals surface area contributed by atoms with Crippen molar-refractivity contribution in [3.63, 3.8) is 0 Å². The number of rotatable bonds is 5. The summed E-state index contributed by atoms with van der Waals surface area (Å²) in [5.74, 6) is 0.222. The van der Waals surface area contributed by atoms with Crippen LogP contribution in [0.5, 0.6) is 11.5 Å². The van der Waals surface area contributed by atoms with E-state index in [0.29, 0.717) is 11.5 Å². The van der Waals surface area contributed by atoms with Gasteiger partial charge in [0.05, 0.1) is 19.7 Å². The van der Waals surface area contributed by atoms with Gasteiger partial charge in [0.15, 0.2) is 11.5 Å². The van der Waals surface area contributed by atoms with Gasteiger partial charge in [-0.25, -0.2) is 9.78 Å². The Kier molecular flexibility index (Phi) is 3.99. The molecule has 0 spiro atoms. The summed E-state index contributed by atoms with van der Waals surface area (Å²) in [6.45, 7) is 1.65. The van der Waals surface area contributed by atoms with Crippen LogP contribution in [0.4, 0.5) is 0 Å². The zero-order valence-electron chi connectivity index (χ0n) is 15.2. The van der Waals surface area contributed by atoms with E-state index >= 15 is 0 Å². The number of benzene rings is 1. The lowest BCUT2D eigenvalue weighted by Gasteiger charge is -2.12. The van der Waals surface area contributed by atoms with Gasteiger partial charge in [0.1, 0.15) is 11.7 Å². The molecule has 2 N–H and O–H groups in total. The van der Waals surface area contributed by atoms with Crippen LogP contribution < -0.4 is 9.47 Å². The first-order valence-corrected chi connectivity index (χ1v) is 8.47. The van der Waals surface area contributed by atoms with Crippen molar-refractivity contribution in [1.82, 2.24) is 14.5 Å². The van der Waals surface area contributed by atoms with E-state index in [1.807, 2.05) is 30.5 Å². The summed E-state index contributed by atoms with van der Waals surface area (Å²) >= 11 is 0. The Morgan fingerprint density at radius 1 is 1.22 bits per heavy atom. The van der Waals surface area contributed by atoms with Gasteiger partial charge in [0.2, 0.25) is 0 Å². The van der Waals surface area contributed by atoms with Crippen LogP contribution in [0.25, 0.3) is 33.2 Å². The molecular weight excluding hydrogens is 346 g/mol. The van der Waals surface area contributed by atoms with E-state index in [1.54, 1.807) is 38.0 Å². The van der Waals surface area contributed by atoms with Crippen LogP contribution in [-0.2, 0) is 4.79 Å². The number of H-pyrrole nitrogens is 1. The molecule has 138 valence electrons. The van der Waals surface area contributed by atoms with Crippen LogP contribution in [0.3, 0.4) is 0 Å². The number of carboxylic acids is 1. The molecule has 1 unspecified atom stereocenters. The molecule has 0 aliphatic rings. The number of ether oxygens (including phenoxy) is 2. The Balaban J connectivity index is 2.02. The van der Waals surface area contributed by atoms with Gasteiger partial charge in [-0.3, -0.25) is 0 Å². The molecule has 7 nitrogen and oxygen atoms in total. The highest BCUT2D eigenvalue weighted by Gasteiger charge is 2.22. The maximum Gasteiger partial charge on any atom is 0.326 e. The SMILES string of the molecule is COc1cc2c(-c3cc4cccnc4[nH]3)cn(C(C)C(=O)O)c2cc1OC. The zero-order chi connectivity index (χ0) is 19.1. The average Bonchev–Trinajstić information content (AvgIpc) is 3.26. The minimum Gasteiger partial charge on any atom is -0.493 e. The molecule has 0 radical (unpaired) electrons. The summed E-state index contributed by atoms with van der Waals surface area (Å²) in [7, 11) is 3.13. The summed E-state index contributed by atoms with van der Waals surface area (Å²) in [4.78, 5) is 19.3. The number of pyridine rings is 1. The molecule has 0 saturated carbocycles. The molecule has 0 fully saturated rings. The van der Waals surface area contributed by atoms with Crippen LogP contribution in [0, 0.1) is 0 Å². The Morgan fingerprint density at radius 3 is 2.63 bits per heavy atom. The molecular formula is C20H19N3O4. The number of hydrogen-bond acceptors (Lipinski definition) is 4. The zero-order valence-corrected chi connectivity index (χ0v) is 15.2. The molecule has 3 heterocycles. The fraction of sp³-hybridized carbons (Fsp3) is 0.200. The largest absolute Gasteiger partial charge is 0.493 e. The number of hydrogen-bond donors (Lipinski definition) is 2. The fourth-order valence-corrected chi connectivity index (χ4v) is 3.33. The molecule has 0 aliphatic carbocycles. The van der Waals surface area contributed by atoms with Crippen LogP contribution in [0.15, 0.2) is 42.7 Å². The molecule has 0 bridgehead atoms. The van der Waals surface area contributed by atoms with E-state index < -0.39 is 12.0 Å². The molecule has 1 aromatic carbocycles. The summed E-state index contributed by atoms with van der Waals surface area (Å²) in [5, 5.41) is 11.4.